The minimum atomic E-state index is -0.216. The van der Waals surface area contributed by atoms with Crippen molar-refractivity contribution in [3.63, 3.8) is 0 Å². The molecule has 0 unspecified atom stereocenters. The van der Waals surface area contributed by atoms with Crippen LogP contribution in [0.3, 0.4) is 0 Å². The Labute approximate surface area is 185 Å². The molecule has 3 aromatic rings. The van der Waals surface area contributed by atoms with E-state index in [0.717, 1.165) is 67.6 Å². The highest BCUT2D eigenvalue weighted by Gasteiger charge is 2.12. The highest BCUT2D eigenvalue weighted by atomic mass is 79.9. The van der Waals surface area contributed by atoms with Gasteiger partial charge in [0.2, 0.25) is 0 Å². The zero-order chi connectivity index (χ0) is 19.2. The molecule has 4 nitrogen and oxygen atoms in total. The van der Waals surface area contributed by atoms with Crippen molar-refractivity contribution in [3.8, 4) is 11.3 Å². The lowest BCUT2D eigenvalue weighted by atomic mass is 10.1. The van der Waals surface area contributed by atoms with Crippen LogP contribution >= 0.6 is 28.3 Å². The maximum absolute atomic E-state index is 13.4. The molecular weight excluding hydrogens is 453 g/mol. The lowest BCUT2D eigenvalue weighted by Gasteiger charge is -2.26. The van der Waals surface area contributed by atoms with Gasteiger partial charge in [-0.1, -0.05) is 18.2 Å². The second-order valence-corrected chi connectivity index (χ2v) is 7.65. The number of morpholine rings is 1. The van der Waals surface area contributed by atoms with Crippen molar-refractivity contribution >= 4 is 34.0 Å². The molecule has 1 aromatic heterocycles. The number of nitrogens with zero attached hydrogens (tertiary/aromatic N) is 3. The fourth-order valence-corrected chi connectivity index (χ4v) is 4.33. The van der Waals surface area contributed by atoms with E-state index in [1.54, 1.807) is 11.3 Å². The molecule has 1 fully saturated rings. The van der Waals surface area contributed by atoms with E-state index in [-0.39, 0.29) is 22.8 Å². The normalized spacial score (nSPS) is 15.3. The van der Waals surface area contributed by atoms with Crippen LogP contribution in [0.2, 0.25) is 0 Å². The summed E-state index contributed by atoms with van der Waals surface area (Å²) in [5.41, 5.74) is 3.04. The van der Waals surface area contributed by atoms with Crippen molar-refractivity contribution < 1.29 is 9.13 Å². The quantitative estimate of drug-likeness (QED) is 0.505. The van der Waals surface area contributed by atoms with Gasteiger partial charge in [0.1, 0.15) is 5.82 Å². The van der Waals surface area contributed by atoms with E-state index >= 15 is 0 Å². The molecule has 0 saturated carbocycles. The first-order chi connectivity index (χ1) is 13.8. The van der Waals surface area contributed by atoms with Gasteiger partial charge in [0, 0.05) is 31.6 Å². The molecule has 1 aliphatic rings. The van der Waals surface area contributed by atoms with Crippen LogP contribution in [-0.4, -0.2) is 42.3 Å². The highest BCUT2D eigenvalue weighted by molar-refractivity contribution is 8.93. The number of hydrogen-bond donors (Lipinski definition) is 0. The van der Waals surface area contributed by atoms with Gasteiger partial charge < -0.3 is 9.30 Å². The summed E-state index contributed by atoms with van der Waals surface area (Å²) in [6.07, 6.45) is 1.03. The predicted molar refractivity (Wildman–Crippen MR) is 122 cm³/mol. The molecule has 1 saturated heterocycles. The highest BCUT2D eigenvalue weighted by Crippen LogP contribution is 2.21. The number of aromatic nitrogens is 1. The first-order valence-electron chi connectivity index (χ1n) is 9.64. The topological polar surface area (TPSA) is 29.8 Å². The summed E-state index contributed by atoms with van der Waals surface area (Å²) in [4.78, 5) is 8.26. The predicted octanol–water partition coefficient (Wildman–Crippen LogP) is 4.89. The van der Waals surface area contributed by atoms with Gasteiger partial charge in [-0.3, -0.25) is 4.90 Å². The van der Waals surface area contributed by atoms with E-state index in [4.69, 9.17) is 9.73 Å². The van der Waals surface area contributed by atoms with E-state index < -0.39 is 0 Å². The average molecular weight is 478 g/mol. The zero-order valence-corrected chi connectivity index (χ0v) is 18.7. The Balaban J connectivity index is 0.00000240. The molecule has 2 aromatic carbocycles. The lowest BCUT2D eigenvalue weighted by Crippen LogP contribution is -2.37. The Morgan fingerprint density at radius 2 is 1.69 bits per heavy atom. The lowest BCUT2D eigenvalue weighted by molar-refractivity contribution is 0.0369. The fraction of sp³-hybridized carbons (Fsp3) is 0.318. The van der Waals surface area contributed by atoms with Gasteiger partial charge in [0.05, 0.1) is 24.6 Å². The first-order valence-corrected chi connectivity index (χ1v) is 10.5. The zero-order valence-electron chi connectivity index (χ0n) is 16.2. The summed E-state index contributed by atoms with van der Waals surface area (Å²) in [7, 11) is 0. The van der Waals surface area contributed by atoms with Gasteiger partial charge in [0.15, 0.2) is 4.80 Å². The van der Waals surface area contributed by atoms with Crippen LogP contribution in [-0.2, 0) is 11.3 Å². The minimum Gasteiger partial charge on any atom is -0.379 e. The fourth-order valence-electron chi connectivity index (χ4n) is 3.38. The third kappa shape index (κ3) is 5.85. The van der Waals surface area contributed by atoms with Gasteiger partial charge in [-0.15, -0.1) is 28.3 Å². The van der Waals surface area contributed by atoms with Crippen molar-refractivity contribution in [2.75, 3.05) is 32.8 Å². The van der Waals surface area contributed by atoms with Crippen molar-refractivity contribution in [2.24, 2.45) is 4.99 Å². The Kier molecular flexibility index (Phi) is 8.18. The largest absolute Gasteiger partial charge is 0.379 e. The summed E-state index contributed by atoms with van der Waals surface area (Å²) < 4.78 is 21.1. The number of para-hydroxylation sites is 1. The smallest absolute Gasteiger partial charge is 0.190 e. The standard InChI is InChI=1S/C22H24FN3OS.BrH/c23-19-9-7-18(8-10-19)21-17-28-22(24-20-5-2-1-3-6-20)26(21)12-4-11-25-13-15-27-16-14-25;/h1-3,5-10,17H,4,11-16H2;1H. The molecule has 1 aliphatic heterocycles. The summed E-state index contributed by atoms with van der Waals surface area (Å²) in [5.74, 6) is -0.216. The van der Waals surface area contributed by atoms with E-state index in [0.29, 0.717) is 0 Å². The number of ether oxygens (including phenoxy) is 1. The summed E-state index contributed by atoms with van der Waals surface area (Å²) >= 11 is 1.63. The van der Waals surface area contributed by atoms with Gasteiger partial charge in [0.25, 0.3) is 0 Å². The molecular formula is C22H25BrFN3OS. The van der Waals surface area contributed by atoms with E-state index in [1.807, 2.05) is 42.5 Å². The third-order valence-corrected chi connectivity index (χ3v) is 5.74. The molecule has 0 amide bonds. The van der Waals surface area contributed by atoms with Crippen LogP contribution in [0, 0.1) is 5.82 Å². The molecule has 0 aliphatic carbocycles. The molecule has 29 heavy (non-hydrogen) atoms. The van der Waals surface area contributed by atoms with Crippen LogP contribution in [0.25, 0.3) is 11.3 Å². The van der Waals surface area contributed by atoms with Gasteiger partial charge >= 0.3 is 0 Å². The molecule has 4 rings (SSSR count). The van der Waals surface area contributed by atoms with Gasteiger partial charge in [-0.05, 0) is 48.4 Å². The van der Waals surface area contributed by atoms with Crippen molar-refractivity contribution in [2.45, 2.75) is 13.0 Å². The van der Waals surface area contributed by atoms with Crippen molar-refractivity contribution in [3.05, 3.63) is 70.6 Å². The molecule has 154 valence electrons. The maximum Gasteiger partial charge on any atom is 0.190 e. The van der Waals surface area contributed by atoms with Gasteiger partial charge in [-0.25, -0.2) is 9.38 Å². The van der Waals surface area contributed by atoms with E-state index in [9.17, 15) is 4.39 Å². The molecule has 2 heterocycles. The number of rotatable bonds is 6. The molecule has 0 spiro atoms. The number of benzene rings is 2. The van der Waals surface area contributed by atoms with Gasteiger partial charge in [-0.2, -0.15) is 0 Å². The van der Waals surface area contributed by atoms with E-state index in [1.165, 1.54) is 12.1 Å². The van der Waals surface area contributed by atoms with Crippen molar-refractivity contribution in [1.82, 2.24) is 9.47 Å². The Bertz CT molecular complexity index is 950. The summed E-state index contributed by atoms with van der Waals surface area (Å²) in [6.45, 7) is 5.56. The number of halogens is 2. The molecule has 0 N–H and O–H groups in total. The Hall–Kier alpha value is -1.80. The summed E-state index contributed by atoms with van der Waals surface area (Å²) in [6, 6.07) is 16.7. The number of thiazole rings is 1. The van der Waals surface area contributed by atoms with Crippen LogP contribution in [0.5, 0.6) is 0 Å². The molecule has 0 radical (unpaired) electrons. The molecule has 0 bridgehead atoms. The SMILES string of the molecule is Br.Fc1ccc(-c2csc(=Nc3ccccc3)n2CCCN2CCOCC2)cc1. The minimum absolute atomic E-state index is 0. The van der Waals surface area contributed by atoms with E-state index in [2.05, 4.69) is 14.8 Å². The molecule has 7 heteroatoms. The van der Waals surface area contributed by atoms with Crippen LogP contribution < -0.4 is 4.80 Å². The van der Waals surface area contributed by atoms with Crippen LogP contribution in [0.4, 0.5) is 10.1 Å². The Morgan fingerprint density at radius 1 is 0.966 bits per heavy atom. The monoisotopic (exact) mass is 477 g/mol. The second kappa shape index (κ2) is 10.8. The Morgan fingerprint density at radius 3 is 2.41 bits per heavy atom. The average Bonchev–Trinajstić information content (AvgIpc) is 3.12. The second-order valence-electron chi connectivity index (χ2n) is 6.82. The van der Waals surface area contributed by atoms with Crippen LogP contribution in [0.1, 0.15) is 6.42 Å². The first kappa shape index (κ1) is 21.9. The van der Waals surface area contributed by atoms with Crippen molar-refractivity contribution in [1.29, 1.82) is 0 Å². The summed E-state index contributed by atoms with van der Waals surface area (Å²) in [5, 5.41) is 2.11. The maximum atomic E-state index is 13.4. The van der Waals surface area contributed by atoms with Crippen LogP contribution in [0.15, 0.2) is 65.0 Å². The number of hydrogen-bond acceptors (Lipinski definition) is 4. The third-order valence-electron chi connectivity index (χ3n) is 4.88. The molecule has 0 atom stereocenters.